The van der Waals surface area contributed by atoms with E-state index in [9.17, 15) is 9.18 Å². The molecule has 0 spiro atoms. The minimum atomic E-state index is -0.432. The second-order valence-electron chi connectivity index (χ2n) is 3.10. The van der Waals surface area contributed by atoms with Crippen LogP contribution in [0.1, 0.15) is 12.5 Å². The van der Waals surface area contributed by atoms with Crippen LogP contribution in [0.5, 0.6) is 0 Å². The highest BCUT2D eigenvalue weighted by molar-refractivity contribution is 8.13. The zero-order valence-corrected chi connectivity index (χ0v) is 10.2. The highest BCUT2D eigenvalue weighted by atomic mass is 35.5. The van der Waals surface area contributed by atoms with Crippen LogP contribution in [-0.4, -0.2) is 10.9 Å². The summed E-state index contributed by atoms with van der Waals surface area (Å²) < 4.78 is 13.0. The minimum absolute atomic E-state index is 0.0369. The van der Waals surface area contributed by atoms with E-state index in [0.717, 1.165) is 0 Å². The summed E-state index contributed by atoms with van der Waals surface area (Å²) in [5.41, 5.74) is 6.53. The van der Waals surface area contributed by atoms with Gasteiger partial charge in [-0.2, -0.15) is 0 Å². The molecule has 2 nitrogen and oxygen atoms in total. The average molecular weight is 260 g/mol. The summed E-state index contributed by atoms with van der Waals surface area (Å²) >= 11 is 6.90. The van der Waals surface area contributed by atoms with Crippen molar-refractivity contribution in [1.29, 1.82) is 0 Å². The molecule has 0 heterocycles. The van der Waals surface area contributed by atoms with E-state index in [1.165, 1.54) is 30.8 Å². The lowest BCUT2D eigenvalue weighted by Crippen LogP contribution is -1.92. The van der Waals surface area contributed by atoms with Crippen molar-refractivity contribution in [2.24, 2.45) is 0 Å². The Hall–Kier alpha value is -1.00. The number of thioether (sulfide) groups is 1. The number of rotatable bonds is 3. The highest BCUT2D eigenvalue weighted by Crippen LogP contribution is 2.25. The maximum atomic E-state index is 13.0. The fraction of sp³-hybridized carbons (Fsp3) is 0.182. The molecule has 0 aliphatic rings. The Balaban J connectivity index is 2.77. The van der Waals surface area contributed by atoms with Crippen LogP contribution >= 0.6 is 23.4 Å². The van der Waals surface area contributed by atoms with Gasteiger partial charge < -0.3 is 5.73 Å². The lowest BCUT2D eigenvalue weighted by Gasteiger charge is -2.03. The molecule has 2 N–H and O–H groups in total. The Kier molecular flexibility index (Phi) is 4.83. The number of nitrogen functional groups attached to an aromatic ring is 1. The molecule has 0 aliphatic heterocycles. The van der Waals surface area contributed by atoms with Gasteiger partial charge in [0.05, 0.1) is 10.7 Å². The van der Waals surface area contributed by atoms with E-state index in [1.54, 1.807) is 12.2 Å². The van der Waals surface area contributed by atoms with Crippen molar-refractivity contribution >= 4 is 40.2 Å². The van der Waals surface area contributed by atoms with Crippen LogP contribution in [-0.2, 0) is 4.79 Å². The Morgan fingerprint density at radius 1 is 1.62 bits per heavy atom. The number of carbonyl (C=O) groups is 1. The summed E-state index contributed by atoms with van der Waals surface area (Å²) in [6.07, 6.45) is 3.40. The molecule has 0 fully saturated rings. The predicted molar refractivity (Wildman–Crippen MR) is 68.0 cm³/mol. The number of benzene rings is 1. The molecule has 1 aromatic carbocycles. The first-order valence-electron chi connectivity index (χ1n) is 4.55. The quantitative estimate of drug-likeness (QED) is 0.847. The largest absolute Gasteiger partial charge is 0.397 e. The fourth-order valence-electron chi connectivity index (χ4n) is 1.08. The molecular weight excluding hydrogens is 249 g/mol. The van der Waals surface area contributed by atoms with Gasteiger partial charge in [0, 0.05) is 18.2 Å². The monoisotopic (exact) mass is 259 g/mol. The topological polar surface area (TPSA) is 43.1 Å². The van der Waals surface area contributed by atoms with Gasteiger partial charge in [-0.1, -0.05) is 35.5 Å². The smallest absolute Gasteiger partial charge is 0.186 e. The second kappa shape index (κ2) is 5.92. The average Bonchev–Trinajstić information content (AvgIpc) is 2.19. The Labute approximate surface area is 103 Å². The maximum absolute atomic E-state index is 13.0. The first-order chi connectivity index (χ1) is 7.50. The summed E-state index contributed by atoms with van der Waals surface area (Å²) in [6.45, 7) is 1.49. The van der Waals surface area contributed by atoms with E-state index >= 15 is 0 Å². The van der Waals surface area contributed by atoms with Crippen molar-refractivity contribution in [3.63, 3.8) is 0 Å². The first-order valence-corrected chi connectivity index (χ1v) is 5.91. The normalized spacial score (nSPS) is 10.9. The van der Waals surface area contributed by atoms with Crippen molar-refractivity contribution in [3.8, 4) is 0 Å². The van der Waals surface area contributed by atoms with Crippen LogP contribution in [0.3, 0.4) is 0 Å². The number of hydrogen-bond acceptors (Lipinski definition) is 3. The second-order valence-corrected chi connectivity index (χ2v) is 4.70. The molecule has 0 saturated heterocycles. The molecule has 5 heteroatoms. The van der Waals surface area contributed by atoms with Gasteiger partial charge in [0.1, 0.15) is 5.82 Å². The Bertz CT molecular complexity index is 434. The maximum Gasteiger partial charge on any atom is 0.186 e. The zero-order chi connectivity index (χ0) is 12.1. The number of nitrogens with two attached hydrogens (primary N) is 1. The highest BCUT2D eigenvalue weighted by Gasteiger charge is 2.03. The van der Waals surface area contributed by atoms with Crippen LogP contribution in [0.25, 0.3) is 6.08 Å². The summed E-state index contributed by atoms with van der Waals surface area (Å²) in [7, 11) is 0. The standard InChI is InChI=1S/C11H11ClFNOS/c1-7(15)16-4-2-3-8-5-9(13)6-10(12)11(8)14/h2-3,5-6H,4,14H2,1H3. The predicted octanol–water partition coefficient (Wildman–Crippen LogP) is 3.35. The third-order valence-corrected chi connectivity index (χ3v) is 2.88. The van der Waals surface area contributed by atoms with Crippen molar-refractivity contribution in [2.75, 3.05) is 11.5 Å². The van der Waals surface area contributed by atoms with Crippen molar-refractivity contribution in [1.82, 2.24) is 0 Å². The third kappa shape index (κ3) is 3.87. The van der Waals surface area contributed by atoms with E-state index < -0.39 is 5.82 Å². The third-order valence-electron chi connectivity index (χ3n) is 1.81. The molecule has 0 amide bonds. The lowest BCUT2D eigenvalue weighted by atomic mass is 10.1. The molecule has 0 aliphatic carbocycles. The molecule has 0 saturated carbocycles. The summed E-state index contributed by atoms with van der Waals surface area (Å²) in [6, 6.07) is 2.47. The first kappa shape index (κ1) is 13.1. The van der Waals surface area contributed by atoms with Gasteiger partial charge in [-0.3, -0.25) is 4.79 Å². The van der Waals surface area contributed by atoms with Crippen molar-refractivity contribution in [2.45, 2.75) is 6.92 Å². The van der Waals surface area contributed by atoms with Gasteiger partial charge >= 0.3 is 0 Å². The SMILES string of the molecule is CC(=O)SCC=Cc1cc(F)cc(Cl)c1N. The fourth-order valence-corrected chi connectivity index (χ4v) is 1.72. The van der Waals surface area contributed by atoms with Crippen molar-refractivity contribution in [3.05, 3.63) is 34.6 Å². The number of halogens is 2. The molecule has 0 bridgehead atoms. The van der Waals surface area contributed by atoms with E-state index in [2.05, 4.69) is 0 Å². The van der Waals surface area contributed by atoms with Crippen LogP contribution in [0.15, 0.2) is 18.2 Å². The van der Waals surface area contributed by atoms with Gasteiger partial charge in [0.25, 0.3) is 0 Å². The Morgan fingerprint density at radius 3 is 2.94 bits per heavy atom. The minimum Gasteiger partial charge on any atom is -0.397 e. The molecular formula is C11H11ClFNOS. The van der Waals surface area contributed by atoms with E-state index in [0.29, 0.717) is 17.0 Å². The van der Waals surface area contributed by atoms with Gasteiger partial charge in [0.2, 0.25) is 0 Å². The summed E-state index contributed by atoms with van der Waals surface area (Å²) in [5, 5.41) is 0.230. The van der Waals surface area contributed by atoms with Crippen LogP contribution < -0.4 is 5.73 Å². The van der Waals surface area contributed by atoms with Gasteiger partial charge in [0.15, 0.2) is 5.12 Å². The Morgan fingerprint density at radius 2 is 2.31 bits per heavy atom. The summed E-state index contributed by atoms with van der Waals surface area (Å²) in [4.78, 5) is 10.7. The summed E-state index contributed by atoms with van der Waals surface area (Å²) in [5.74, 6) is 0.0983. The van der Waals surface area contributed by atoms with Gasteiger partial charge in [-0.25, -0.2) is 4.39 Å². The molecule has 0 radical (unpaired) electrons. The van der Waals surface area contributed by atoms with E-state index in [-0.39, 0.29) is 10.1 Å². The molecule has 1 aromatic rings. The lowest BCUT2D eigenvalue weighted by molar-refractivity contribution is -0.109. The molecule has 16 heavy (non-hydrogen) atoms. The van der Waals surface area contributed by atoms with Crippen LogP contribution in [0.4, 0.5) is 10.1 Å². The number of anilines is 1. The van der Waals surface area contributed by atoms with Crippen molar-refractivity contribution < 1.29 is 9.18 Å². The molecule has 0 atom stereocenters. The molecule has 1 rings (SSSR count). The molecule has 0 aromatic heterocycles. The number of hydrogen-bond donors (Lipinski definition) is 1. The van der Waals surface area contributed by atoms with E-state index in [4.69, 9.17) is 17.3 Å². The van der Waals surface area contributed by atoms with Gasteiger partial charge in [-0.05, 0) is 12.1 Å². The zero-order valence-electron chi connectivity index (χ0n) is 8.67. The van der Waals surface area contributed by atoms with Crippen LogP contribution in [0.2, 0.25) is 5.02 Å². The number of carbonyl (C=O) groups excluding carboxylic acids is 1. The van der Waals surface area contributed by atoms with Crippen LogP contribution in [0, 0.1) is 5.82 Å². The molecule has 86 valence electrons. The molecule has 0 unspecified atom stereocenters. The van der Waals surface area contributed by atoms with E-state index in [1.807, 2.05) is 0 Å². The van der Waals surface area contributed by atoms with Gasteiger partial charge in [-0.15, -0.1) is 0 Å².